The summed E-state index contributed by atoms with van der Waals surface area (Å²) >= 11 is 0. The van der Waals surface area contributed by atoms with Crippen LogP contribution in [-0.4, -0.2) is 36.2 Å². The molecule has 1 heterocycles. The van der Waals surface area contributed by atoms with Crippen LogP contribution in [0.25, 0.3) is 10.8 Å². The van der Waals surface area contributed by atoms with E-state index in [4.69, 9.17) is 4.74 Å². The van der Waals surface area contributed by atoms with Crippen molar-refractivity contribution in [3.05, 3.63) is 77.6 Å². The monoisotopic (exact) mass is 393 g/mol. The number of rotatable bonds is 5. The highest BCUT2D eigenvalue weighted by Gasteiger charge is 2.33. The largest absolute Gasteiger partial charge is 0.496 e. The Labute approximate surface area is 169 Å². The van der Waals surface area contributed by atoms with Gasteiger partial charge < -0.3 is 9.84 Å². The molecule has 1 aliphatic heterocycles. The lowest BCUT2D eigenvalue weighted by molar-refractivity contribution is -0.143. The summed E-state index contributed by atoms with van der Waals surface area (Å²) in [6.45, 7) is 1.17. The van der Waals surface area contributed by atoms with Crippen LogP contribution in [0.1, 0.15) is 30.0 Å². The molecule has 0 aromatic heterocycles. The number of piperidine rings is 1. The smallest absolute Gasteiger partial charge is 0.307 e. The van der Waals surface area contributed by atoms with E-state index in [1.165, 1.54) is 12.1 Å². The van der Waals surface area contributed by atoms with Gasteiger partial charge in [0, 0.05) is 12.1 Å². The number of benzene rings is 3. The van der Waals surface area contributed by atoms with Crippen molar-refractivity contribution in [3.63, 3.8) is 0 Å². The van der Waals surface area contributed by atoms with Gasteiger partial charge in [-0.3, -0.25) is 9.69 Å². The number of hydrogen-bond acceptors (Lipinski definition) is 3. The van der Waals surface area contributed by atoms with Crippen LogP contribution < -0.4 is 4.74 Å². The summed E-state index contributed by atoms with van der Waals surface area (Å²) in [4.78, 5) is 13.8. The number of carbonyl (C=O) groups is 1. The second-order valence-electron chi connectivity index (χ2n) is 7.53. The molecule has 4 nitrogen and oxygen atoms in total. The summed E-state index contributed by atoms with van der Waals surface area (Å²) in [5, 5.41) is 11.8. The zero-order valence-electron chi connectivity index (χ0n) is 16.3. The Kier molecular flexibility index (Phi) is 5.49. The van der Waals surface area contributed by atoms with Gasteiger partial charge in [-0.25, -0.2) is 4.39 Å². The van der Waals surface area contributed by atoms with Gasteiger partial charge in [0.2, 0.25) is 0 Å². The third-order valence-electron chi connectivity index (χ3n) is 5.77. The third-order valence-corrected chi connectivity index (χ3v) is 5.77. The second kappa shape index (κ2) is 8.21. The molecule has 29 heavy (non-hydrogen) atoms. The molecule has 1 saturated heterocycles. The van der Waals surface area contributed by atoms with Crippen molar-refractivity contribution in [2.75, 3.05) is 20.2 Å². The summed E-state index contributed by atoms with van der Waals surface area (Å²) in [5.74, 6) is -0.946. The fourth-order valence-electron chi connectivity index (χ4n) is 4.41. The van der Waals surface area contributed by atoms with Crippen LogP contribution in [0.5, 0.6) is 5.75 Å². The van der Waals surface area contributed by atoms with Crippen LogP contribution in [-0.2, 0) is 4.79 Å². The van der Waals surface area contributed by atoms with Crippen molar-refractivity contribution in [1.29, 1.82) is 0 Å². The first kappa shape index (κ1) is 19.4. The van der Waals surface area contributed by atoms with Crippen LogP contribution in [0.15, 0.2) is 60.7 Å². The molecular weight excluding hydrogens is 369 g/mol. The first-order valence-corrected chi connectivity index (χ1v) is 9.86. The van der Waals surface area contributed by atoms with Crippen molar-refractivity contribution in [3.8, 4) is 5.75 Å². The molecule has 0 aliphatic carbocycles. The van der Waals surface area contributed by atoms with E-state index in [1.807, 2.05) is 24.3 Å². The highest BCUT2D eigenvalue weighted by molar-refractivity contribution is 5.86. The Morgan fingerprint density at radius 1 is 1.14 bits per heavy atom. The first-order valence-electron chi connectivity index (χ1n) is 9.86. The van der Waals surface area contributed by atoms with Crippen LogP contribution in [0.3, 0.4) is 0 Å². The van der Waals surface area contributed by atoms with E-state index >= 15 is 0 Å². The van der Waals surface area contributed by atoms with E-state index in [0.717, 1.165) is 34.9 Å². The SMILES string of the molecule is COc1ccc(F)cc1C(c1cccc2ccccc12)N1CCCC(C(=O)O)C1. The van der Waals surface area contributed by atoms with E-state index in [0.29, 0.717) is 18.7 Å². The Balaban J connectivity index is 1.90. The lowest BCUT2D eigenvalue weighted by Gasteiger charge is -2.38. The number of hydrogen-bond donors (Lipinski definition) is 1. The summed E-state index contributed by atoms with van der Waals surface area (Å²) in [5.41, 5.74) is 1.74. The van der Waals surface area contributed by atoms with E-state index in [9.17, 15) is 14.3 Å². The topological polar surface area (TPSA) is 49.8 Å². The Morgan fingerprint density at radius 3 is 2.72 bits per heavy atom. The number of carboxylic acids is 1. The maximum absolute atomic E-state index is 14.3. The Hall–Kier alpha value is -2.92. The highest BCUT2D eigenvalue weighted by atomic mass is 19.1. The average Bonchev–Trinajstić information content (AvgIpc) is 2.74. The molecule has 0 spiro atoms. The zero-order chi connectivity index (χ0) is 20.4. The number of likely N-dealkylation sites (tertiary alicyclic amines) is 1. The lowest BCUT2D eigenvalue weighted by Crippen LogP contribution is -2.41. The molecule has 2 unspecified atom stereocenters. The Morgan fingerprint density at radius 2 is 1.93 bits per heavy atom. The minimum absolute atomic E-state index is 0.297. The minimum atomic E-state index is -0.780. The van der Waals surface area contributed by atoms with Crippen LogP contribution in [0, 0.1) is 11.7 Å². The molecule has 1 fully saturated rings. The molecule has 3 aromatic carbocycles. The van der Waals surface area contributed by atoms with Gasteiger partial charge in [-0.1, -0.05) is 42.5 Å². The number of carboxylic acid groups (broad SMARTS) is 1. The zero-order valence-corrected chi connectivity index (χ0v) is 16.3. The second-order valence-corrected chi connectivity index (χ2v) is 7.53. The van der Waals surface area contributed by atoms with Crippen molar-refractivity contribution in [1.82, 2.24) is 4.90 Å². The molecular formula is C24H24FNO3. The molecule has 1 aliphatic rings. The number of nitrogens with zero attached hydrogens (tertiary/aromatic N) is 1. The molecule has 4 rings (SSSR count). The van der Waals surface area contributed by atoms with Gasteiger partial charge in [0.05, 0.1) is 19.1 Å². The number of methoxy groups -OCH3 is 1. The van der Waals surface area contributed by atoms with E-state index in [2.05, 4.69) is 23.1 Å². The van der Waals surface area contributed by atoms with Crippen molar-refractivity contribution < 1.29 is 19.0 Å². The fourth-order valence-corrected chi connectivity index (χ4v) is 4.41. The normalized spacial score (nSPS) is 18.5. The summed E-state index contributed by atoms with van der Waals surface area (Å²) in [6, 6.07) is 18.4. The average molecular weight is 393 g/mol. The standard InChI is InChI=1S/C24H24FNO3/c1-29-22-12-11-18(25)14-21(22)23(26-13-5-8-17(15-26)24(27)28)20-10-4-7-16-6-2-3-9-19(16)20/h2-4,6-7,9-12,14,17,23H,5,8,13,15H2,1H3,(H,27,28). The molecule has 3 aromatic rings. The molecule has 5 heteroatoms. The van der Waals surface area contributed by atoms with E-state index in [-0.39, 0.29) is 11.9 Å². The molecule has 150 valence electrons. The molecule has 0 saturated carbocycles. The van der Waals surface area contributed by atoms with Crippen LogP contribution in [0.2, 0.25) is 0 Å². The van der Waals surface area contributed by atoms with Gasteiger partial charge >= 0.3 is 5.97 Å². The van der Waals surface area contributed by atoms with Gasteiger partial charge in [-0.15, -0.1) is 0 Å². The summed E-state index contributed by atoms with van der Waals surface area (Å²) in [7, 11) is 1.58. The molecule has 0 bridgehead atoms. The number of ether oxygens (including phenoxy) is 1. The maximum Gasteiger partial charge on any atom is 0.307 e. The quantitative estimate of drug-likeness (QED) is 0.672. The van der Waals surface area contributed by atoms with Crippen molar-refractivity contribution in [2.24, 2.45) is 5.92 Å². The van der Waals surface area contributed by atoms with E-state index < -0.39 is 11.9 Å². The predicted octanol–water partition coefficient (Wildman–Crippen LogP) is 4.87. The van der Waals surface area contributed by atoms with Gasteiger partial charge in [0.15, 0.2) is 0 Å². The Bertz CT molecular complexity index is 1030. The summed E-state index contributed by atoms with van der Waals surface area (Å²) < 4.78 is 19.8. The van der Waals surface area contributed by atoms with Gasteiger partial charge in [0.1, 0.15) is 11.6 Å². The third kappa shape index (κ3) is 3.83. The van der Waals surface area contributed by atoms with Crippen LogP contribution in [0.4, 0.5) is 4.39 Å². The van der Waals surface area contributed by atoms with E-state index in [1.54, 1.807) is 13.2 Å². The first-order chi connectivity index (χ1) is 14.1. The summed E-state index contributed by atoms with van der Waals surface area (Å²) in [6.07, 6.45) is 1.45. The minimum Gasteiger partial charge on any atom is -0.496 e. The maximum atomic E-state index is 14.3. The van der Waals surface area contributed by atoms with Crippen molar-refractivity contribution in [2.45, 2.75) is 18.9 Å². The van der Waals surface area contributed by atoms with Gasteiger partial charge in [-0.2, -0.15) is 0 Å². The molecule has 1 N–H and O–H groups in total. The predicted molar refractivity (Wildman–Crippen MR) is 111 cm³/mol. The number of halogens is 1. The fraction of sp³-hybridized carbons (Fsp3) is 0.292. The molecule has 0 amide bonds. The molecule has 0 radical (unpaired) electrons. The highest BCUT2D eigenvalue weighted by Crippen LogP contribution is 2.40. The number of fused-ring (bicyclic) bond motifs is 1. The molecule has 2 atom stereocenters. The number of aliphatic carboxylic acids is 1. The van der Waals surface area contributed by atoms with Crippen molar-refractivity contribution >= 4 is 16.7 Å². The lowest BCUT2D eigenvalue weighted by atomic mass is 9.88. The van der Waals surface area contributed by atoms with Crippen LogP contribution >= 0.6 is 0 Å². The van der Waals surface area contributed by atoms with Gasteiger partial charge in [0.25, 0.3) is 0 Å². The van der Waals surface area contributed by atoms with Gasteiger partial charge in [-0.05, 0) is 53.9 Å².